The number of ketones is 4. The molecule has 6 fully saturated rings. The van der Waals surface area contributed by atoms with Crippen LogP contribution in [0.3, 0.4) is 0 Å². The average Bonchev–Trinajstić information content (AvgIpc) is 3.96. The molecule has 0 bridgehead atoms. The highest BCUT2D eigenvalue weighted by atomic mass is 16.2. The number of hydrogen-bond acceptors (Lipinski definition) is 7. The van der Waals surface area contributed by atoms with Crippen molar-refractivity contribution in [1.29, 1.82) is 0 Å². The molecule has 4 saturated carbocycles. The first-order valence-electron chi connectivity index (χ1n) is 22.5. The summed E-state index contributed by atoms with van der Waals surface area (Å²) in [7, 11) is 0. The van der Waals surface area contributed by atoms with Crippen LogP contribution in [0, 0.1) is 45.3 Å². The lowest BCUT2D eigenvalue weighted by Gasteiger charge is -2.38. The molecule has 6 aliphatic rings. The number of nitrogens with one attached hydrogen (secondary N) is 1. The van der Waals surface area contributed by atoms with E-state index in [-0.39, 0.29) is 76.6 Å². The van der Waals surface area contributed by atoms with Crippen molar-refractivity contribution in [3.63, 3.8) is 0 Å². The first kappa shape index (κ1) is 42.2. The van der Waals surface area contributed by atoms with Gasteiger partial charge in [0.15, 0.2) is 17.3 Å². The van der Waals surface area contributed by atoms with Gasteiger partial charge < -0.3 is 10.2 Å². The number of likely N-dealkylation sites (tertiary alicyclic amines) is 2. The third kappa shape index (κ3) is 8.04. The highest BCUT2D eigenvalue weighted by molar-refractivity contribution is 6.38. The SMILES string of the molecule is CCC[C@H](CC(=O)[C@@H]1C[C@@]2(CN1C(=O)[C@@H](CC(=O)[C@@H](NC(=O)[C@@H]1CCCCN1CC)C1CCCCC1)C(C)(C)C)C(C)(C)C21CCC1)C(=O)C(=O)CC1CC1. The van der Waals surface area contributed by atoms with Gasteiger partial charge in [0.05, 0.1) is 18.1 Å². The van der Waals surface area contributed by atoms with Gasteiger partial charge in [-0.05, 0) is 105 Å². The van der Waals surface area contributed by atoms with E-state index < -0.39 is 35.1 Å². The molecule has 55 heavy (non-hydrogen) atoms. The van der Waals surface area contributed by atoms with E-state index in [1.165, 1.54) is 0 Å². The predicted octanol–water partition coefficient (Wildman–Crippen LogP) is 7.66. The van der Waals surface area contributed by atoms with Gasteiger partial charge in [0.2, 0.25) is 17.6 Å². The Hall–Kier alpha value is -2.42. The number of carbonyl (C=O) groups is 6. The number of likely N-dealkylation sites (N-methyl/N-ethyl adjacent to an activating group) is 1. The predicted molar refractivity (Wildman–Crippen MR) is 214 cm³/mol. The van der Waals surface area contributed by atoms with Gasteiger partial charge in [-0.2, -0.15) is 0 Å². The molecule has 0 aromatic rings. The second kappa shape index (κ2) is 16.4. The standard InChI is InChI=1S/C46H73N3O6/c1-8-16-32(40(53)38(52)25-30-20-21-30)26-36(50)35-28-46(44(6,7)45(46)22-15-23-45)29-49(35)42(55)33(43(3,4)5)27-37(51)39(31-17-11-10-12-18-31)47-41(54)34-19-13-14-24-48(34)9-2/h30-35,39H,8-29H2,1-7H3,(H,47,54)/t32-,33-,34+,35+,39+,46-/m1/s1. The van der Waals surface area contributed by atoms with Crippen LogP contribution in [0.15, 0.2) is 0 Å². The number of Topliss-reactive ketones (excluding diaryl/α,β-unsaturated/α-hetero) is 4. The Morgan fingerprint density at radius 1 is 0.800 bits per heavy atom. The van der Waals surface area contributed by atoms with E-state index in [0.717, 1.165) is 96.6 Å². The van der Waals surface area contributed by atoms with Crippen LogP contribution in [0.5, 0.6) is 0 Å². The Labute approximate surface area is 331 Å². The fourth-order valence-corrected chi connectivity index (χ4v) is 12.2. The van der Waals surface area contributed by atoms with Crippen LogP contribution in [0.4, 0.5) is 0 Å². The van der Waals surface area contributed by atoms with Crippen molar-refractivity contribution >= 4 is 34.9 Å². The minimum absolute atomic E-state index is 0.0114. The molecule has 2 amide bonds. The molecule has 6 rings (SSSR count). The smallest absolute Gasteiger partial charge is 0.237 e. The number of hydrogen-bond donors (Lipinski definition) is 1. The summed E-state index contributed by atoms with van der Waals surface area (Å²) in [6.45, 7) is 16.9. The minimum atomic E-state index is -0.683. The van der Waals surface area contributed by atoms with Gasteiger partial charge in [-0.15, -0.1) is 0 Å². The maximum atomic E-state index is 15.2. The summed E-state index contributed by atoms with van der Waals surface area (Å²) in [6, 6.07) is -1.56. The van der Waals surface area contributed by atoms with E-state index in [0.29, 0.717) is 31.7 Å². The van der Waals surface area contributed by atoms with Crippen LogP contribution in [-0.4, -0.2) is 82.5 Å². The molecule has 0 unspecified atom stereocenters. The third-order valence-corrected chi connectivity index (χ3v) is 16.2. The van der Waals surface area contributed by atoms with E-state index >= 15 is 4.79 Å². The molecule has 2 aliphatic heterocycles. The number of fused-ring (bicyclic) bond motifs is 1. The fraction of sp³-hybridized carbons (Fsp3) is 0.870. The van der Waals surface area contributed by atoms with Gasteiger partial charge in [-0.3, -0.25) is 33.7 Å². The van der Waals surface area contributed by atoms with Crippen molar-refractivity contribution in [3.05, 3.63) is 0 Å². The van der Waals surface area contributed by atoms with Crippen LogP contribution in [0.2, 0.25) is 0 Å². The molecule has 1 N–H and O–H groups in total. The molecule has 6 atom stereocenters. The first-order valence-corrected chi connectivity index (χ1v) is 22.5. The lowest BCUT2D eigenvalue weighted by Crippen LogP contribution is -2.56. The number of carbonyl (C=O) groups excluding carboxylic acids is 6. The van der Waals surface area contributed by atoms with Crippen molar-refractivity contribution in [2.45, 2.75) is 189 Å². The molecule has 308 valence electrons. The second-order valence-electron chi connectivity index (χ2n) is 20.5. The van der Waals surface area contributed by atoms with Crippen LogP contribution in [0.25, 0.3) is 0 Å². The van der Waals surface area contributed by atoms with Crippen LogP contribution in [0.1, 0.15) is 170 Å². The maximum absolute atomic E-state index is 15.2. The van der Waals surface area contributed by atoms with Crippen molar-refractivity contribution in [3.8, 4) is 0 Å². The van der Waals surface area contributed by atoms with Gasteiger partial charge >= 0.3 is 0 Å². The normalized spacial score (nSPS) is 29.3. The van der Waals surface area contributed by atoms with Gasteiger partial charge in [-0.25, -0.2) is 0 Å². The zero-order valence-corrected chi connectivity index (χ0v) is 35.4. The number of amides is 2. The van der Waals surface area contributed by atoms with E-state index in [2.05, 4.69) is 31.0 Å². The maximum Gasteiger partial charge on any atom is 0.237 e. The molecule has 0 aromatic carbocycles. The monoisotopic (exact) mass is 764 g/mol. The highest BCUT2D eigenvalue weighted by Crippen LogP contribution is 2.88. The Balaban J connectivity index is 1.25. The molecular weight excluding hydrogens is 691 g/mol. The van der Waals surface area contributed by atoms with E-state index in [9.17, 15) is 24.0 Å². The molecule has 2 saturated heterocycles. The Morgan fingerprint density at radius 2 is 1.47 bits per heavy atom. The first-order chi connectivity index (χ1) is 26.0. The number of piperidine rings is 1. The topological polar surface area (TPSA) is 121 Å². The Morgan fingerprint density at radius 3 is 2.04 bits per heavy atom. The van der Waals surface area contributed by atoms with Crippen molar-refractivity contribution in [2.75, 3.05) is 19.6 Å². The van der Waals surface area contributed by atoms with Gasteiger partial charge in [-0.1, -0.05) is 87.0 Å². The minimum Gasteiger partial charge on any atom is -0.345 e. The summed E-state index contributed by atoms with van der Waals surface area (Å²) in [4.78, 5) is 89.0. The lowest BCUT2D eigenvalue weighted by atomic mass is 9.73. The second-order valence-corrected chi connectivity index (χ2v) is 20.5. The third-order valence-electron chi connectivity index (χ3n) is 16.2. The molecule has 9 heteroatoms. The largest absolute Gasteiger partial charge is 0.345 e. The van der Waals surface area contributed by atoms with Gasteiger partial charge in [0.25, 0.3) is 0 Å². The van der Waals surface area contributed by atoms with E-state index in [1.54, 1.807) is 0 Å². The van der Waals surface area contributed by atoms with E-state index in [4.69, 9.17) is 0 Å². The molecule has 0 radical (unpaired) electrons. The van der Waals surface area contributed by atoms with Gasteiger partial charge in [0, 0.05) is 43.1 Å². The molecular formula is C46H73N3O6. The molecule has 0 aromatic heterocycles. The zero-order chi connectivity index (χ0) is 39.9. The van der Waals surface area contributed by atoms with Crippen molar-refractivity contribution < 1.29 is 28.8 Å². The molecule has 9 nitrogen and oxygen atoms in total. The Bertz CT molecular complexity index is 1480. The molecule has 4 aliphatic carbocycles. The fourth-order valence-electron chi connectivity index (χ4n) is 12.2. The number of nitrogens with zero attached hydrogens (tertiary/aromatic N) is 2. The van der Waals surface area contributed by atoms with Crippen molar-refractivity contribution in [1.82, 2.24) is 15.1 Å². The molecule has 2 heterocycles. The quantitative estimate of drug-likeness (QED) is 0.151. The highest BCUT2D eigenvalue weighted by Gasteiger charge is 2.85. The summed E-state index contributed by atoms with van der Waals surface area (Å²) in [6.07, 6.45) is 15.1. The summed E-state index contributed by atoms with van der Waals surface area (Å²) in [5.41, 5.74) is -0.694. The average molecular weight is 764 g/mol. The van der Waals surface area contributed by atoms with Crippen LogP contribution < -0.4 is 5.32 Å². The van der Waals surface area contributed by atoms with Crippen LogP contribution in [-0.2, 0) is 28.8 Å². The summed E-state index contributed by atoms with van der Waals surface area (Å²) < 4.78 is 0. The zero-order valence-electron chi connectivity index (χ0n) is 35.4. The molecule has 2 spiro atoms. The summed E-state index contributed by atoms with van der Waals surface area (Å²) in [5.74, 6) is -2.17. The summed E-state index contributed by atoms with van der Waals surface area (Å²) >= 11 is 0. The number of rotatable bonds is 17. The lowest BCUT2D eigenvalue weighted by molar-refractivity contribution is -0.147. The van der Waals surface area contributed by atoms with Crippen LogP contribution >= 0.6 is 0 Å². The summed E-state index contributed by atoms with van der Waals surface area (Å²) in [5, 5.41) is 3.27. The van der Waals surface area contributed by atoms with Crippen molar-refractivity contribution in [2.24, 2.45) is 45.3 Å². The van der Waals surface area contributed by atoms with Gasteiger partial charge in [0.1, 0.15) is 0 Å². The Kier molecular flexibility index (Phi) is 12.6. The van der Waals surface area contributed by atoms with E-state index in [1.807, 2.05) is 32.6 Å².